The van der Waals surface area contributed by atoms with E-state index in [-0.39, 0.29) is 16.4 Å². The van der Waals surface area contributed by atoms with Gasteiger partial charge < -0.3 is 8.98 Å². The van der Waals surface area contributed by atoms with E-state index in [1.54, 1.807) is 6.26 Å². The number of thioether (sulfide) groups is 1. The summed E-state index contributed by atoms with van der Waals surface area (Å²) in [5, 5.41) is 8.97. The van der Waals surface area contributed by atoms with E-state index in [1.165, 1.54) is 17.3 Å². The highest BCUT2D eigenvalue weighted by atomic mass is 32.2. The molecule has 0 amide bonds. The highest BCUT2D eigenvalue weighted by molar-refractivity contribution is 8.00. The number of hydrogen-bond acceptors (Lipinski definition) is 5. The van der Waals surface area contributed by atoms with Gasteiger partial charge in [0.1, 0.15) is 5.76 Å². The van der Waals surface area contributed by atoms with Gasteiger partial charge in [-0.05, 0) is 30.9 Å². The van der Waals surface area contributed by atoms with Crippen LogP contribution in [0.4, 0.5) is 0 Å². The van der Waals surface area contributed by atoms with Crippen molar-refractivity contribution >= 4 is 17.5 Å². The quantitative estimate of drug-likeness (QED) is 0.456. The summed E-state index contributed by atoms with van der Waals surface area (Å²) in [6.07, 6.45) is 1.64. The molecule has 27 heavy (non-hydrogen) atoms. The second-order valence-electron chi connectivity index (χ2n) is 7.71. The van der Waals surface area contributed by atoms with Crippen LogP contribution < -0.4 is 0 Å². The van der Waals surface area contributed by atoms with Crippen molar-refractivity contribution in [1.29, 1.82) is 0 Å². The van der Waals surface area contributed by atoms with Crippen LogP contribution in [0.15, 0.2) is 46.2 Å². The fourth-order valence-corrected chi connectivity index (χ4v) is 3.74. The lowest BCUT2D eigenvalue weighted by Crippen LogP contribution is -2.16. The molecule has 6 heteroatoms. The summed E-state index contributed by atoms with van der Waals surface area (Å²) in [7, 11) is 1.90. The molecular formula is C21H25N3O2S. The van der Waals surface area contributed by atoms with Gasteiger partial charge in [0.15, 0.2) is 16.8 Å². The Balaban J connectivity index is 1.76. The number of benzene rings is 1. The molecule has 5 nitrogen and oxygen atoms in total. The van der Waals surface area contributed by atoms with Gasteiger partial charge in [0.05, 0.1) is 17.1 Å². The Morgan fingerprint density at radius 2 is 1.81 bits per heavy atom. The lowest BCUT2D eigenvalue weighted by atomic mass is 9.86. The van der Waals surface area contributed by atoms with Gasteiger partial charge in [0.25, 0.3) is 0 Å². The summed E-state index contributed by atoms with van der Waals surface area (Å²) < 4.78 is 7.25. The number of aromatic nitrogens is 3. The second kappa shape index (κ2) is 7.35. The fraction of sp³-hybridized carbons (Fsp3) is 0.381. The van der Waals surface area contributed by atoms with Crippen LogP contribution in [0.1, 0.15) is 49.4 Å². The third-order valence-corrected chi connectivity index (χ3v) is 5.76. The van der Waals surface area contributed by atoms with Gasteiger partial charge in [-0.15, -0.1) is 10.2 Å². The lowest BCUT2D eigenvalue weighted by molar-refractivity contribution is 0.0994. The van der Waals surface area contributed by atoms with Crippen LogP contribution in [0.25, 0.3) is 11.4 Å². The fourth-order valence-electron chi connectivity index (χ4n) is 2.85. The van der Waals surface area contributed by atoms with E-state index < -0.39 is 0 Å². The van der Waals surface area contributed by atoms with Crippen molar-refractivity contribution < 1.29 is 9.21 Å². The average molecular weight is 384 g/mol. The monoisotopic (exact) mass is 383 g/mol. The number of carbonyl (C=O) groups is 1. The standard InChI is InChI=1S/C21H25N3O2S/c1-13-17(11-12-26-13)19-22-23-20(24(19)6)27-14(2)18(25)15-7-9-16(10-8-15)21(3,4)5/h7-12,14H,1-6H3/t14-/m0/s1. The van der Waals surface area contributed by atoms with Crippen LogP contribution in [0, 0.1) is 6.92 Å². The van der Waals surface area contributed by atoms with E-state index in [4.69, 9.17) is 4.42 Å². The zero-order valence-electron chi connectivity index (χ0n) is 16.6. The number of nitrogens with zero attached hydrogens (tertiary/aromatic N) is 3. The summed E-state index contributed by atoms with van der Waals surface area (Å²) in [5.74, 6) is 1.62. The molecule has 0 unspecified atom stereocenters. The van der Waals surface area contributed by atoms with E-state index in [0.29, 0.717) is 5.16 Å². The number of carbonyl (C=O) groups excluding carboxylic acids is 1. The molecule has 0 fully saturated rings. The number of aryl methyl sites for hydroxylation is 1. The Kier molecular flexibility index (Phi) is 5.29. The van der Waals surface area contributed by atoms with Crippen molar-refractivity contribution in [1.82, 2.24) is 14.8 Å². The van der Waals surface area contributed by atoms with E-state index in [9.17, 15) is 4.79 Å². The molecular weight excluding hydrogens is 358 g/mol. The third-order valence-electron chi connectivity index (χ3n) is 4.62. The molecule has 142 valence electrons. The summed E-state index contributed by atoms with van der Waals surface area (Å²) in [5.41, 5.74) is 2.92. The predicted molar refractivity (Wildman–Crippen MR) is 108 cm³/mol. The van der Waals surface area contributed by atoms with Crippen LogP contribution >= 0.6 is 11.8 Å². The zero-order valence-corrected chi connectivity index (χ0v) is 17.4. The van der Waals surface area contributed by atoms with Gasteiger partial charge in [-0.25, -0.2) is 0 Å². The predicted octanol–water partition coefficient (Wildman–Crippen LogP) is 5.04. The highest BCUT2D eigenvalue weighted by Crippen LogP contribution is 2.29. The summed E-state index contributed by atoms with van der Waals surface area (Å²) in [6.45, 7) is 10.3. The van der Waals surface area contributed by atoms with Crippen LogP contribution in [0.5, 0.6) is 0 Å². The Bertz CT molecular complexity index is 949. The Hall–Kier alpha value is -2.34. The molecule has 1 aromatic carbocycles. The maximum atomic E-state index is 12.8. The molecule has 0 bridgehead atoms. The number of furan rings is 1. The van der Waals surface area contributed by atoms with Crippen molar-refractivity contribution in [3.8, 4) is 11.4 Å². The molecule has 2 heterocycles. The average Bonchev–Trinajstić information content (AvgIpc) is 3.19. The molecule has 0 aliphatic carbocycles. The van der Waals surface area contributed by atoms with Crippen molar-refractivity contribution in [2.75, 3.05) is 0 Å². The van der Waals surface area contributed by atoms with Crippen molar-refractivity contribution in [2.24, 2.45) is 7.05 Å². The van der Waals surface area contributed by atoms with Crippen LogP contribution in [0.2, 0.25) is 0 Å². The van der Waals surface area contributed by atoms with Gasteiger partial charge in [-0.2, -0.15) is 0 Å². The first kappa shape index (κ1) is 19.4. The molecule has 0 aliphatic rings. The highest BCUT2D eigenvalue weighted by Gasteiger charge is 2.22. The molecule has 0 N–H and O–H groups in total. The number of rotatable bonds is 5. The molecule has 0 spiro atoms. The van der Waals surface area contributed by atoms with Crippen LogP contribution in [-0.4, -0.2) is 25.8 Å². The largest absolute Gasteiger partial charge is 0.469 e. The molecule has 3 aromatic rings. The van der Waals surface area contributed by atoms with Gasteiger partial charge in [0, 0.05) is 12.6 Å². The molecule has 0 radical (unpaired) electrons. The molecule has 3 rings (SSSR count). The van der Waals surface area contributed by atoms with Gasteiger partial charge in [-0.1, -0.05) is 56.8 Å². The molecule has 0 saturated heterocycles. The number of hydrogen-bond donors (Lipinski definition) is 0. The summed E-state index contributed by atoms with van der Waals surface area (Å²) in [4.78, 5) is 12.8. The van der Waals surface area contributed by atoms with Crippen LogP contribution in [-0.2, 0) is 12.5 Å². The number of ketones is 1. The topological polar surface area (TPSA) is 60.9 Å². The Labute approximate surface area is 164 Å². The first-order valence-electron chi connectivity index (χ1n) is 8.93. The first-order chi connectivity index (χ1) is 12.7. The third kappa shape index (κ3) is 4.00. The van der Waals surface area contributed by atoms with Crippen molar-refractivity contribution in [3.63, 3.8) is 0 Å². The first-order valence-corrected chi connectivity index (χ1v) is 9.81. The molecule has 0 aliphatic heterocycles. The summed E-state index contributed by atoms with van der Waals surface area (Å²) in [6, 6.07) is 9.77. The van der Waals surface area contributed by atoms with E-state index in [2.05, 4.69) is 31.0 Å². The maximum absolute atomic E-state index is 12.8. The molecule has 0 saturated carbocycles. The zero-order chi connectivity index (χ0) is 19.8. The van der Waals surface area contributed by atoms with E-state index in [0.717, 1.165) is 22.7 Å². The van der Waals surface area contributed by atoms with E-state index in [1.807, 2.05) is 55.8 Å². The normalized spacial score (nSPS) is 13.0. The molecule has 2 aromatic heterocycles. The SMILES string of the molecule is Cc1occc1-c1nnc(S[C@@H](C)C(=O)c2ccc(C(C)(C)C)cc2)n1C. The summed E-state index contributed by atoms with van der Waals surface area (Å²) >= 11 is 1.42. The second-order valence-corrected chi connectivity index (χ2v) is 9.02. The van der Waals surface area contributed by atoms with Gasteiger partial charge in [0.2, 0.25) is 0 Å². The van der Waals surface area contributed by atoms with E-state index >= 15 is 0 Å². The Morgan fingerprint density at radius 1 is 1.15 bits per heavy atom. The molecule has 1 atom stereocenters. The van der Waals surface area contributed by atoms with Gasteiger partial charge in [-0.3, -0.25) is 4.79 Å². The smallest absolute Gasteiger partial charge is 0.191 e. The minimum atomic E-state index is -0.258. The maximum Gasteiger partial charge on any atom is 0.191 e. The van der Waals surface area contributed by atoms with Gasteiger partial charge >= 0.3 is 0 Å². The van der Waals surface area contributed by atoms with Crippen molar-refractivity contribution in [2.45, 2.75) is 50.4 Å². The minimum Gasteiger partial charge on any atom is -0.469 e. The van der Waals surface area contributed by atoms with Crippen molar-refractivity contribution in [3.05, 3.63) is 53.5 Å². The Morgan fingerprint density at radius 3 is 2.37 bits per heavy atom. The lowest BCUT2D eigenvalue weighted by Gasteiger charge is -2.19. The number of Topliss-reactive ketones (excluding diaryl/α,β-unsaturated/α-hetero) is 1. The minimum absolute atomic E-state index is 0.0716. The van der Waals surface area contributed by atoms with Crippen LogP contribution in [0.3, 0.4) is 0 Å².